The summed E-state index contributed by atoms with van der Waals surface area (Å²) in [5, 5.41) is 18.8. The Balaban J connectivity index is 1.15. The van der Waals surface area contributed by atoms with Gasteiger partial charge in [0.2, 0.25) is 5.95 Å². The van der Waals surface area contributed by atoms with Crippen LogP contribution in [0, 0.1) is 0 Å². The number of aromatic nitrogens is 4. The minimum atomic E-state index is -4.86. The number of aliphatic hydroxyl groups excluding tert-OH is 1. The number of nitrogens with zero attached hydrogens (tertiary/aromatic N) is 5. The van der Waals surface area contributed by atoms with Crippen LogP contribution in [0.4, 0.5) is 24.8 Å². The van der Waals surface area contributed by atoms with E-state index in [-0.39, 0.29) is 18.6 Å². The summed E-state index contributed by atoms with van der Waals surface area (Å²) in [6.07, 6.45) is 1.87. The van der Waals surface area contributed by atoms with Gasteiger partial charge in [-0.05, 0) is 37.2 Å². The molecule has 2 saturated heterocycles. The van der Waals surface area contributed by atoms with Crippen molar-refractivity contribution in [1.29, 1.82) is 0 Å². The van der Waals surface area contributed by atoms with Gasteiger partial charge in [-0.15, -0.1) is 0 Å². The summed E-state index contributed by atoms with van der Waals surface area (Å²) in [4.78, 5) is 37.3. The zero-order chi connectivity index (χ0) is 27.7. The Morgan fingerprint density at radius 1 is 1.15 bits per heavy atom. The van der Waals surface area contributed by atoms with Gasteiger partial charge < -0.3 is 25.0 Å². The number of carbonyl (C=O) groups is 1. The molecule has 3 fully saturated rings. The van der Waals surface area contributed by atoms with Gasteiger partial charge >= 0.3 is 6.18 Å². The van der Waals surface area contributed by atoms with Crippen LogP contribution in [-0.4, -0.2) is 86.6 Å². The molecule has 0 unspecified atom stereocenters. The molecule has 2 aromatic rings. The number of aromatic amines is 1. The normalized spacial score (nSPS) is 24.7. The van der Waals surface area contributed by atoms with Gasteiger partial charge in [-0.25, -0.2) is 15.1 Å². The Labute approximate surface area is 222 Å². The number of rotatable bonds is 9. The second kappa shape index (κ2) is 11.1. The van der Waals surface area contributed by atoms with E-state index >= 15 is 0 Å². The van der Waals surface area contributed by atoms with Gasteiger partial charge in [-0.3, -0.25) is 9.59 Å². The van der Waals surface area contributed by atoms with E-state index in [2.05, 4.69) is 20.4 Å². The Bertz CT molecular complexity index is 1220. The highest BCUT2D eigenvalue weighted by molar-refractivity contribution is 5.83. The molecule has 0 bridgehead atoms. The highest BCUT2D eigenvalue weighted by Crippen LogP contribution is 2.39. The van der Waals surface area contributed by atoms with Crippen LogP contribution in [-0.2, 0) is 15.7 Å². The molecule has 212 valence electrons. The fraction of sp³-hybridized carbons (Fsp3) is 0.640. The lowest BCUT2D eigenvalue weighted by molar-refractivity contribution is -0.141. The van der Waals surface area contributed by atoms with Gasteiger partial charge in [0.1, 0.15) is 11.7 Å². The molecular weight excluding hydrogens is 519 g/mol. The monoisotopic (exact) mass is 551 g/mol. The van der Waals surface area contributed by atoms with Crippen LogP contribution in [0.15, 0.2) is 23.4 Å². The number of piperidine rings is 1. The van der Waals surface area contributed by atoms with Crippen molar-refractivity contribution < 1.29 is 27.8 Å². The molecule has 4 atom stereocenters. The Kier molecular flexibility index (Phi) is 7.76. The van der Waals surface area contributed by atoms with Crippen molar-refractivity contribution in [1.82, 2.24) is 25.1 Å². The molecule has 1 amide bonds. The number of H-pyrrole nitrogens is 1. The molecule has 3 aliphatic rings. The number of alkyl halides is 3. The number of aliphatic hydroxyl groups is 1. The summed E-state index contributed by atoms with van der Waals surface area (Å²) in [5.74, 6) is 0.876. The maximum absolute atomic E-state index is 13.4. The number of halogens is 3. The minimum absolute atomic E-state index is 0.0416. The highest BCUT2D eigenvalue weighted by Gasteiger charge is 2.42. The first-order valence-electron chi connectivity index (χ1n) is 13.2. The summed E-state index contributed by atoms with van der Waals surface area (Å²) in [6.45, 7) is 3.02. The highest BCUT2D eigenvalue weighted by atomic mass is 19.4. The van der Waals surface area contributed by atoms with Crippen LogP contribution in [0.25, 0.3) is 0 Å². The van der Waals surface area contributed by atoms with E-state index < -0.39 is 41.2 Å². The summed E-state index contributed by atoms with van der Waals surface area (Å²) in [7, 11) is 0. The number of carbonyl (C=O) groups excluding carboxylic acids is 1. The van der Waals surface area contributed by atoms with Crippen molar-refractivity contribution in [3.8, 4) is 0 Å². The van der Waals surface area contributed by atoms with Crippen LogP contribution in [0.2, 0.25) is 0 Å². The van der Waals surface area contributed by atoms with Gasteiger partial charge in [0.25, 0.3) is 11.5 Å². The standard InChI is InChI=1S/C25H32F3N7O4/c1-2-16(32-17-11-31-33-22(37)21(17)25(26,27)28)13-39-20-6-8-35(23(20)38)18-5-7-34(12-19(18)36)24-29-9-15(10-30-24)14-3-4-14/h9-11,14,16,18-20,36H,2-8,12-13H2,1H3,(H2,32,33,37)/t16-,18+,19+,20+/m0/s1. The van der Waals surface area contributed by atoms with E-state index in [1.807, 2.05) is 17.3 Å². The predicted molar refractivity (Wildman–Crippen MR) is 134 cm³/mol. The largest absolute Gasteiger partial charge is 0.423 e. The molecule has 14 heteroatoms. The summed E-state index contributed by atoms with van der Waals surface area (Å²) < 4.78 is 45.9. The van der Waals surface area contributed by atoms with Crippen LogP contribution >= 0.6 is 0 Å². The Morgan fingerprint density at radius 3 is 2.54 bits per heavy atom. The smallest absolute Gasteiger partial charge is 0.389 e. The number of likely N-dealkylation sites (tertiary alicyclic amines) is 1. The van der Waals surface area contributed by atoms with Crippen LogP contribution in [0.3, 0.4) is 0 Å². The summed E-state index contributed by atoms with van der Waals surface area (Å²) >= 11 is 0. The first kappa shape index (κ1) is 27.3. The molecule has 5 rings (SSSR count). The van der Waals surface area contributed by atoms with Crippen molar-refractivity contribution in [3.05, 3.63) is 40.1 Å². The first-order chi connectivity index (χ1) is 18.7. The molecule has 11 nitrogen and oxygen atoms in total. The molecular formula is C25H32F3N7O4. The Hall–Kier alpha value is -3.26. The number of β-amino-alcohol motifs (C(OH)–C–C–N with tert-alkyl or cyclic N) is 1. The summed E-state index contributed by atoms with van der Waals surface area (Å²) in [6, 6.07) is -0.957. The quantitative estimate of drug-likeness (QED) is 0.427. The lowest BCUT2D eigenvalue weighted by Gasteiger charge is -2.40. The van der Waals surface area contributed by atoms with E-state index in [1.165, 1.54) is 12.8 Å². The summed E-state index contributed by atoms with van der Waals surface area (Å²) in [5.41, 5.74) is -2.00. The molecule has 0 spiro atoms. The number of ether oxygens (including phenoxy) is 1. The molecule has 0 radical (unpaired) electrons. The molecule has 2 aliphatic heterocycles. The topological polar surface area (TPSA) is 137 Å². The molecule has 1 aliphatic carbocycles. The van der Waals surface area contributed by atoms with Gasteiger partial charge in [-0.1, -0.05) is 6.92 Å². The molecule has 4 heterocycles. The number of hydrogen-bond donors (Lipinski definition) is 3. The van der Waals surface area contributed by atoms with Gasteiger partial charge in [0.15, 0.2) is 0 Å². The van der Waals surface area contributed by atoms with E-state index in [1.54, 1.807) is 16.9 Å². The number of amides is 1. The molecule has 3 N–H and O–H groups in total. The second-order valence-corrected chi connectivity index (χ2v) is 10.3. The third-order valence-electron chi connectivity index (χ3n) is 7.62. The Morgan fingerprint density at radius 2 is 1.90 bits per heavy atom. The maximum atomic E-state index is 13.4. The van der Waals surface area contributed by atoms with Crippen molar-refractivity contribution in [2.75, 3.05) is 36.5 Å². The lowest BCUT2D eigenvalue weighted by Crippen LogP contribution is -2.55. The lowest BCUT2D eigenvalue weighted by atomic mass is 10.0. The maximum Gasteiger partial charge on any atom is 0.423 e. The number of hydrogen-bond acceptors (Lipinski definition) is 9. The van der Waals surface area contributed by atoms with Crippen LogP contribution in [0.5, 0.6) is 0 Å². The third kappa shape index (κ3) is 6.01. The zero-order valence-electron chi connectivity index (χ0n) is 21.5. The van der Waals surface area contributed by atoms with E-state index in [0.717, 1.165) is 11.8 Å². The SMILES string of the molecule is CC[C@@H](CO[C@@H]1CCN([C@@H]2CCN(c3ncc(C4CC4)cn3)C[C@H]2O)C1=O)Nc1cn[nH]c(=O)c1C(F)(F)F. The van der Waals surface area contributed by atoms with Crippen LogP contribution in [0.1, 0.15) is 56.1 Å². The number of anilines is 2. The van der Waals surface area contributed by atoms with Gasteiger partial charge in [-0.2, -0.15) is 18.3 Å². The van der Waals surface area contributed by atoms with E-state index in [0.29, 0.717) is 50.8 Å². The fourth-order valence-corrected chi connectivity index (χ4v) is 5.25. The van der Waals surface area contributed by atoms with Crippen molar-refractivity contribution in [3.63, 3.8) is 0 Å². The fourth-order valence-electron chi connectivity index (χ4n) is 5.25. The minimum Gasteiger partial charge on any atom is -0.389 e. The third-order valence-corrected chi connectivity index (χ3v) is 7.62. The van der Waals surface area contributed by atoms with Crippen LogP contribution < -0.4 is 15.8 Å². The van der Waals surface area contributed by atoms with E-state index in [9.17, 15) is 27.9 Å². The first-order valence-corrected chi connectivity index (χ1v) is 13.2. The van der Waals surface area contributed by atoms with E-state index in [4.69, 9.17) is 4.74 Å². The van der Waals surface area contributed by atoms with Crippen molar-refractivity contribution >= 4 is 17.5 Å². The van der Waals surface area contributed by atoms with Crippen molar-refractivity contribution in [2.45, 2.75) is 75.4 Å². The molecule has 2 aromatic heterocycles. The second-order valence-electron chi connectivity index (χ2n) is 10.3. The predicted octanol–water partition coefficient (Wildman–Crippen LogP) is 1.90. The number of nitrogens with one attached hydrogen (secondary N) is 2. The average Bonchev–Trinajstić information content (AvgIpc) is 3.69. The van der Waals surface area contributed by atoms with Crippen molar-refractivity contribution in [2.24, 2.45) is 0 Å². The van der Waals surface area contributed by atoms with Gasteiger partial charge in [0, 0.05) is 44.5 Å². The average molecular weight is 552 g/mol. The molecule has 39 heavy (non-hydrogen) atoms. The van der Waals surface area contributed by atoms with Gasteiger partial charge in [0.05, 0.1) is 30.6 Å². The zero-order valence-corrected chi connectivity index (χ0v) is 21.5. The molecule has 0 aromatic carbocycles. The molecule has 1 saturated carbocycles.